The number of nitrogens with zero attached hydrogens (tertiary/aromatic N) is 4. The molecule has 2 saturated heterocycles. The number of aliphatic hydroxyl groups is 2. The standard InChI is InChI=1S/C21H22N5O7P/c1-21(28)16(27)19(31-20(21)26-8-6-14-17(23)24-11-25-18(14)26)33-34(29)30-9-7-15(32-34)13-5-3-2-4-12(13)10-22/h2-6,8,11,15-16,19-20,27-28H,7,9H2,1H3,(H2,23,24,25)/t15-,16-,19?,20-,21-,34?/m1/s1. The van der Waals surface area contributed by atoms with Crippen LogP contribution in [0.2, 0.25) is 0 Å². The largest absolute Gasteiger partial charge is 0.477 e. The van der Waals surface area contributed by atoms with Crippen LogP contribution < -0.4 is 5.73 Å². The van der Waals surface area contributed by atoms with Crippen LogP contribution in [0.15, 0.2) is 42.9 Å². The van der Waals surface area contributed by atoms with Crippen LogP contribution in [0.5, 0.6) is 0 Å². The Balaban J connectivity index is 1.39. The molecule has 3 aromatic rings. The van der Waals surface area contributed by atoms with Crippen molar-refractivity contribution in [1.29, 1.82) is 5.26 Å². The van der Waals surface area contributed by atoms with Gasteiger partial charge in [0, 0.05) is 12.6 Å². The maximum atomic E-state index is 13.3. The van der Waals surface area contributed by atoms with Gasteiger partial charge in [-0.05, 0) is 24.6 Å². The molecule has 1 aromatic carbocycles. The Bertz CT molecular complexity index is 1320. The number of phosphoric acid groups is 1. The topological polar surface area (TPSA) is 175 Å². The summed E-state index contributed by atoms with van der Waals surface area (Å²) in [5.74, 6) is 0.242. The van der Waals surface area contributed by atoms with Gasteiger partial charge in [-0.3, -0.25) is 13.6 Å². The molecule has 0 radical (unpaired) electrons. The maximum absolute atomic E-state index is 13.3. The normalized spacial score (nSPS) is 33.7. The van der Waals surface area contributed by atoms with Gasteiger partial charge in [-0.25, -0.2) is 14.5 Å². The molecule has 0 amide bonds. The lowest BCUT2D eigenvalue weighted by molar-refractivity contribution is -0.145. The number of nitrogens with two attached hydrogens (primary N) is 1. The molecular formula is C21H22N5O7P. The lowest BCUT2D eigenvalue weighted by Gasteiger charge is -2.31. The number of nitriles is 1. The van der Waals surface area contributed by atoms with Crippen LogP contribution in [0.3, 0.4) is 0 Å². The first-order chi connectivity index (χ1) is 16.2. The van der Waals surface area contributed by atoms with Crippen LogP contribution in [-0.2, 0) is 22.9 Å². The van der Waals surface area contributed by atoms with Crippen molar-refractivity contribution in [3.8, 4) is 6.07 Å². The van der Waals surface area contributed by atoms with Crippen LogP contribution in [0.25, 0.3) is 11.0 Å². The quantitative estimate of drug-likeness (QED) is 0.460. The van der Waals surface area contributed by atoms with Crippen LogP contribution in [-0.4, -0.2) is 49.4 Å². The van der Waals surface area contributed by atoms with Crippen molar-refractivity contribution in [2.45, 2.75) is 43.7 Å². The van der Waals surface area contributed by atoms with Crippen molar-refractivity contribution in [3.05, 3.63) is 54.0 Å². The fraction of sp³-hybridized carbons (Fsp3) is 0.381. The van der Waals surface area contributed by atoms with E-state index in [0.29, 0.717) is 28.6 Å². The first kappa shape index (κ1) is 22.9. The maximum Gasteiger partial charge on any atom is 0.477 e. The molecule has 0 spiro atoms. The number of ether oxygens (including phenoxy) is 1. The highest BCUT2D eigenvalue weighted by Gasteiger charge is 2.56. The predicted octanol–water partition coefficient (Wildman–Crippen LogP) is 2.15. The molecule has 2 aliphatic rings. The molecular weight excluding hydrogens is 465 g/mol. The molecule has 5 rings (SSSR count). The Morgan fingerprint density at radius 3 is 2.94 bits per heavy atom. The zero-order chi connectivity index (χ0) is 24.1. The summed E-state index contributed by atoms with van der Waals surface area (Å²) in [6, 6.07) is 10.5. The van der Waals surface area contributed by atoms with E-state index in [1.807, 2.05) is 0 Å². The van der Waals surface area contributed by atoms with E-state index in [4.69, 9.17) is 24.0 Å². The van der Waals surface area contributed by atoms with Gasteiger partial charge in [-0.15, -0.1) is 0 Å². The van der Waals surface area contributed by atoms with Gasteiger partial charge >= 0.3 is 7.82 Å². The number of hydrogen-bond acceptors (Lipinski definition) is 11. The number of phosphoric ester groups is 1. The van der Waals surface area contributed by atoms with E-state index in [9.17, 15) is 20.0 Å². The molecule has 2 aliphatic heterocycles. The molecule has 4 heterocycles. The molecule has 2 fully saturated rings. The SMILES string of the molecule is C[C@@]1(O)[C@H](O)C(OP2(=O)OCC[C@H](c3ccccc3C#N)O2)O[C@H]1n1ccc2c(N)ncnc21. The zero-order valence-electron chi connectivity index (χ0n) is 18.0. The Hall–Kier alpha value is -2.88. The summed E-state index contributed by atoms with van der Waals surface area (Å²) in [4.78, 5) is 8.11. The van der Waals surface area contributed by atoms with Crippen molar-refractivity contribution in [1.82, 2.24) is 14.5 Å². The van der Waals surface area contributed by atoms with E-state index < -0.39 is 38.1 Å². The van der Waals surface area contributed by atoms with Crippen LogP contribution in [0, 0.1) is 11.3 Å². The van der Waals surface area contributed by atoms with Gasteiger partial charge in [0.2, 0.25) is 6.29 Å². The third kappa shape index (κ3) is 3.77. The number of benzene rings is 1. The van der Waals surface area contributed by atoms with Crippen LogP contribution in [0.1, 0.15) is 36.8 Å². The average molecular weight is 487 g/mol. The first-order valence-corrected chi connectivity index (χ1v) is 11.9. The Morgan fingerprint density at radius 1 is 1.35 bits per heavy atom. The van der Waals surface area contributed by atoms with Crippen molar-refractivity contribution < 1.29 is 33.1 Å². The predicted molar refractivity (Wildman–Crippen MR) is 117 cm³/mol. The summed E-state index contributed by atoms with van der Waals surface area (Å²) in [7, 11) is -4.23. The van der Waals surface area contributed by atoms with Gasteiger partial charge in [0.15, 0.2) is 6.23 Å². The summed E-state index contributed by atoms with van der Waals surface area (Å²) in [6.07, 6.45) is -1.86. The summed E-state index contributed by atoms with van der Waals surface area (Å²) in [5.41, 5.74) is 5.31. The third-order valence-electron chi connectivity index (χ3n) is 5.96. The molecule has 2 aromatic heterocycles. The van der Waals surface area contributed by atoms with E-state index in [0.717, 1.165) is 0 Å². The minimum atomic E-state index is -4.23. The minimum Gasteiger partial charge on any atom is -0.385 e. The van der Waals surface area contributed by atoms with E-state index in [2.05, 4.69) is 16.0 Å². The first-order valence-electron chi connectivity index (χ1n) is 10.5. The molecule has 0 aliphatic carbocycles. The second-order valence-corrected chi connectivity index (χ2v) is 9.79. The summed E-state index contributed by atoms with van der Waals surface area (Å²) in [6.45, 7) is 1.38. The molecule has 13 heteroatoms. The van der Waals surface area contributed by atoms with Crippen LogP contribution >= 0.6 is 7.82 Å². The summed E-state index contributed by atoms with van der Waals surface area (Å²) in [5, 5.41) is 31.7. The highest BCUT2D eigenvalue weighted by Crippen LogP contribution is 2.59. The van der Waals surface area contributed by atoms with Gasteiger partial charge in [0.1, 0.15) is 29.5 Å². The zero-order valence-corrected chi connectivity index (χ0v) is 18.9. The fourth-order valence-corrected chi connectivity index (χ4v) is 5.61. The number of nitrogen functional groups attached to an aromatic ring is 1. The van der Waals surface area contributed by atoms with Gasteiger partial charge in [0.05, 0.1) is 29.7 Å². The monoisotopic (exact) mass is 487 g/mol. The summed E-state index contributed by atoms with van der Waals surface area (Å²) < 4.78 is 37.0. The number of rotatable bonds is 4. The average Bonchev–Trinajstić information content (AvgIpc) is 3.34. The molecule has 4 N–H and O–H groups in total. The second-order valence-electron chi connectivity index (χ2n) is 8.21. The van der Waals surface area contributed by atoms with Gasteiger partial charge < -0.3 is 25.3 Å². The number of fused-ring (bicyclic) bond motifs is 1. The lowest BCUT2D eigenvalue weighted by Crippen LogP contribution is -2.44. The Labute approximate surface area is 194 Å². The molecule has 178 valence electrons. The van der Waals surface area contributed by atoms with E-state index >= 15 is 0 Å². The van der Waals surface area contributed by atoms with Gasteiger partial charge in [-0.2, -0.15) is 5.26 Å². The van der Waals surface area contributed by atoms with Crippen molar-refractivity contribution in [2.75, 3.05) is 12.3 Å². The molecule has 0 saturated carbocycles. The number of aromatic nitrogens is 3. The summed E-state index contributed by atoms with van der Waals surface area (Å²) >= 11 is 0. The Kier molecular flexibility index (Phi) is 5.66. The molecule has 34 heavy (non-hydrogen) atoms. The second kappa shape index (κ2) is 8.41. The van der Waals surface area contributed by atoms with Crippen molar-refractivity contribution >= 4 is 24.7 Å². The highest BCUT2D eigenvalue weighted by atomic mass is 31.2. The van der Waals surface area contributed by atoms with E-state index in [1.54, 1.807) is 36.5 Å². The number of aliphatic hydroxyl groups excluding tert-OH is 1. The van der Waals surface area contributed by atoms with E-state index in [-0.39, 0.29) is 12.4 Å². The molecule has 12 nitrogen and oxygen atoms in total. The third-order valence-corrected chi connectivity index (χ3v) is 7.44. The Morgan fingerprint density at radius 2 is 2.15 bits per heavy atom. The van der Waals surface area contributed by atoms with Crippen LogP contribution in [0.4, 0.5) is 5.82 Å². The fourth-order valence-electron chi connectivity index (χ4n) is 4.16. The molecule has 6 atom stereocenters. The van der Waals surface area contributed by atoms with Crippen molar-refractivity contribution in [3.63, 3.8) is 0 Å². The highest BCUT2D eigenvalue weighted by molar-refractivity contribution is 7.48. The minimum absolute atomic E-state index is 0.0305. The molecule has 2 unspecified atom stereocenters. The number of hydrogen-bond donors (Lipinski definition) is 3. The smallest absolute Gasteiger partial charge is 0.385 e. The molecule has 0 bridgehead atoms. The number of anilines is 1. The van der Waals surface area contributed by atoms with Gasteiger partial charge in [-0.1, -0.05) is 18.2 Å². The van der Waals surface area contributed by atoms with Crippen molar-refractivity contribution in [2.24, 2.45) is 0 Å². The lowest BCUT2D eigenvalue weighted by atomic mass is 9.99. The van der Waals surface area contributed by atoms with Gasteiger partial charge in [0.25, 0.3) is 0 Å². The van der Waals surface area contributed by atoms with E-state index in [1.165, 1.54) is 17.8 Å².